The zero-order valence-corrected chi connectivity index (χ0v) is 10.1. The predicted molar refractivity (Wildman–Crippen MR) is 69.7 cm³/mol. The number of hydrogen-bond donors (Lipinski definition) is 0. The summed E-state index contributed by atoms with van der Waals surface area (Å²) in [6.45, 7) is 0. The third-order valence-electron chi connectivity index (χ3n) is 2.85. The van der Waals surface area contributed by atoms with Crippen molar-refractivity contribution < 1.29 is 9.53 Å². The number of carbonyl (C=O) groups is 1. The molecule has 0 fully saturated rings. The minimum absolute atomic E-state index is 0.0507. The van der Waals surface area contributed by atoms with Crippen molar-refractivity contribution in [2.75, 3.05) is 7.11 Å². The highest BCUT2D eigenvalue weighted by Gasteiger charge is 2.15. The molecule has 0 aliphatic carbocycles. The van der Waals surface area contributed by atoms with E-state index in [0.29, 0.717) is 11.3 Å². The van der Waals surface area contributed by atoms with Gasteiger partial charge in [0, 0.05) is 12.8 Å². The highest BCUT2D eigenvalue weighted by Crippen LogP contribution is 2.29. The Morgan fingerprint density at radius 3 is 2.78 bits per heavy atom. The van der Waals surface area contributed by atoms with Gasteiger partial charge in [0.25, 0.3) is 0 Å². The van der Waals surface area contributed by atoms with Crippen LogP contribution in [0.3, 0.4) is 0 Å². The summed E-state index contributed by atoms with van der Waals surface area (Å²) >= 11 is 0. The van der Waals surface area contributed by atoms with Crippen LogP contribution >= 0.6 is 0 Å². The first-order chi connectivity index (χ1) is 8.77. The van der Waals surface area contributed by atoms with Gasteiger partial charge in [-0.1, -0.05) is 30.3 Å². The highest BCUT2D eigenvalue weighted by atomic mass is 16.5. The molecule has 0 amide bonds. The van der Waals surface area contributed by atoms with Crippen LogP contribution in [-0.4, -0.2) is 12.9 Å². The Bertz CT molecular complexity index is 626. The van der Waals surface area contributed by atoms with Gasteiger partial charge in [0.05, 0.1) is 18.7 Å². The van der Waals surface area contributed by atoms with E-state index in [0.717, 1.165) is 10.8 Å². The Hall–Kier alpha value is -2.34. The number of hydrogen-bond acceptors (Lipinski definition) is 3. The second-order valence-corrected chi connectivity index (χ2v) is 3.95. The Kier molecular flexibility index (Phi) is 3.59. The molecule has 0 saturated heterocycles. The van der Waals surface area contributed by atoms with E-state index in [1.807, 2.05) is 36.4 Å². The second kappa shape index (κ2) is 5.33. The Morgan fingerprint density at radius 2 is 2.06 bits per heavy atom. The van der Waals surface area contributed by atoms with Gasteiger partial charge in [-0.15, -0.1) is 0 Å². The topological polar surface area (TPSA) is 50.1 Å². The zero-order valence-electron chi connectivity index (χ0n) is 10.1. The lowest BCUT2D eigenvalue weighted by molar-refractivity contribution is 0.0983. The molecule has 2 aromatic rings. The molecule has 0 bridgehead atoms. The largest absolute Gasteiger partial charge is 0.496 e. The number of ether oxygens (including phenoxy) is 1. The van der Waals surface area contributed by atoms with Crippen LogP contribution in [0, 0.1) is 11.3 Å². The molecule has 2 aromatic carbocycles. The Labute approximate surface area is 106 Å². The first-order valence-electron chi connectivity index (χ1n) is 5.74. The van der Waals surface area contributed by atoms with E-state index in [2.05, 4.69) is 0 Å². The van der Waals surface area contributed by atoms with Crippen LogP contribution in [0.25, 0.3) is 10.8 Å². The smallest absolute Gasteiger partial charge is 0.168 e. The van der Waals surface area contributed by atoms with Crippen LogP contribution in [-0.2, 0) is 0 Å². The molecule has 0 saturated carbocycles. The quantitative estimate of drug-likeness (QED) is 0.769. The molecule has 0 radical (unpaired) electrons. The van der Waals surface area contributed by atoms with Crippen LogP contribution in [0.15, 0.2) is 36.4 Å². The molecule has 18 heavy (non-hydrogen) atoms. The van der Waals surface area contributed by atoms with Gasteiger partial charge in [-0.2, -0.15) is 5.26 Å². The molecule has 90 valence electrons. The number of benzene rings is 2. The van der Waals surface area contributed by atoms with E-state index in [4.69, 9.17) is 10.00 Å². The third kappa shape index (κ3) is 2.18. The van der Waals surface area contributed by atoms with E-state index in [1.54, 1.807) is 13.2 Å². The van der Waals surface area contributed by atoms with Gasteiger partial charge < -0.3 is 4.74 Å². The van der Waals surface area contributed by atoms with Crippen LogP contribution < -0.4 is 4.74 Å². The van der Waals surface area contributed by atoms with Gasteiger partial charge in [-0.25, -0.2) is 0 Å². The number of Topliss-reactive ketones (excluding diaryl/α,β-unsaturated/α-hetero) is 1. The van der Waals surface area contributed by atoms with Gasteiger partial charge >= 0.3 is 0 Å². The third-order valence-corrected chi connectivity index (χ3v) is 2.85. The van der Waals surface area contributed by atoms with Crippen molar-refractivity contribution in [2.24, 2.45) is 0 Å². The summed E-state index contributed by atoms with van der Waals surface area (Å²) in [5, 5.41) is 10.4. The molecule has 0 atom stereocenters. The number of ketones is 1. The molecular formula is C15H13NO2. The molecule has 0 unspecified atom stereocenters. The summed E-state index contributed by atoms with van der Waals surface area (Å²) in [5.41, 5.74) is 0.575. The normalized spacial score (nSPS) is 10.0. The van der Waals surface area contributed by atoms with Gasteiger partial charge in [0.2, 0.25) is 0 Å². The maximum Gasteiger partial charge on any atom is 0.168 e. The molecular weight excluding hydrogens is 226 g/mol. The molecule has 3 heteroatoms. The fourth-order valence-corrected chi connectivity index (χ4v) is 2.00. The first kappa shape index (κ1) is 12.1. The summed E-state index contributed by atoms with van der Waals surface area (Å²) in [4.78, 5) is 12.2. The van der Waals surface area contributed by atoms with Crippen molar-refractivity contribution in [1.29, 1.82) is 5.26 Å². The maximum absolute atomic E-state index is 12.2. The number of fused-ring (bicyclic) bond motifs is 1. The van der Waals surface area contributed by atoms with Gasteiger partial charge in [-0.3, -0.25) is 4.79 Å². The van der Waals surface area contributed by atoms with Crippen LogP contribution in [0.4, 0.5) is 0 Å². The number of methoxy groups -OCH3 is 1. The molecule has 3 nitrogen and oxygen atoms in total. The lowest BCUT2D eigenvalue weighted by Gasteiger charge is -2.10. The van der Waals surface area contributed by atoms with E-state index >= 15 is 0 Å². The second-order valence-electron chi connectivity index (χ2n) is 3.95. The van der Waals surface area contributed by atoms with E-state index in [-0.39, 0.29) is 18.6 Å². The van der Waals surface area contributed by atoms with Crippen molar-refractivity contribution in [1.82, 2.24) is 0 Å². The number of nitrogens with zero attached hydrogens (tertiary/aromatic N) is 1. The summed E-state index contributed by atoms with van der Waals surface area (Å²) in [6.07, 6.45) is 0.450. The van der Waals surface area contributed by atoms with Gasteiger partial charge in [-0.05, 0) is 16.8 Å². The average Bonchev–Trinajstić information content (AvgIpc) is 2.43. The summed E-state index contributed by atoms with van der Waals surface area (Å²) in [7, 11) is 1.55. The SMILES string of the molecule is COc1ccc2ccccc2c1C(=O)CCC#N. The number of rotatable bonds is 4. The van der Waals surface area contributed by atoms with Crippen LogP contribution in [0.5, 0.6) is 5.75 Å². The van der Waals surface area contributed by atoms with Gasteiger partial charge in [0.15, 0.2) is 5.78 Å². The van der Waals surface area contributed by atoms with E-state index in [9.17, 15) is 4.79 Å². The summed E-state index contributed by atoms with van der Waals surface area (Å²) < 4.78 is 5.25. The number of nitriles is 1. The molecule has 2 rings (SSSR count). The maximum atomic E-state index is 12.2. The molecule has 0 N–H and O–H groups in total. The predicted octanol–water partition coefficient (Wildman–Crippen LogP) is 3.33. The summed E-state index contributed by atoms with van der Waals surface area (Å²) in [5.74, 6) is 0.516. The first-order valence-corrected chi connectivity index (χ1v) is 5.74. The van der Waals surface area contributed by atoms with Crippen molar-refractivity contribution in [3.8, 4) is 11.8 Å². The van der Waals surface area contributed by atoms with E-state index in [1.165, 1.54) is 0 Å². The molecule has 0 heterocycles. The molecule has 0 aliphatic heterocycles. The van der Waals surface area contributed by atoms with Crippen molar-refractivity contribution in [3.05, 3.63) is 42.0 Å². The standard InChI is InChI=1S/C15H13NO2/c1-18-14-9-8-11-5-2-3-6-12(11)15(14)13(17)7-4-10-16/h2-3,5-6,8-9H,4,7H2,1H3. The monoisotopic (exact) mass is 239 g/mol. The van der Waals surface area contributed by atoms with Gasteiger partial charge in [0.1, 0.15) is 5.75 Å². The lowest BCUT2D eigenvalue weighted by atomic mass is 9.98. The zero-order chi connectivity index (χ0) is 13.0. The minimum Gasteiger partial charge on any atom is -0.496 e. The van der Waals surface area contributed by atoms with Crippen molar-refractivity contribution in [3.63, 3.8) is 0 Å². The minimum atomic E-state index is -0.0507. The Balaban J connectivity index is 2.58. The number of carbonyl (C=O) groups excluding carboxylic acids is 1. The van der Waals surface area contributed by atoms with Crippen molar-refractivity contribution in [2.45, 2.75) is 12.8 Å². The molecule has 0 aromatic heterocycles. The summed E-state index contributed by atoms with van der Waals surface area (Å²) in [6, 6.07) is 13.4. The van der Waals surface area contributed by atoms with Crippen LogP contribution in [0.2, 0.25) is 0 Å². The molecule has 0 aliphatic rings. The average molecular weight is 239 g/mol. The highest BCUT2D eigenvalue weighted by molar-refractivity contribution is 6.10. The van der Waals surface area contributed by atoms with E-state index < -0.39 is 0 Å². The Morgan fingerprint density at radius 1 is 1.28 bits per heavy atom. The lowest BCUT2D eigenvalue weighted by Crippen LogP contribution is -2.03. The fourth-order valence-electron chi connectivity index (χ4n) is 2.00. The van der Waals surface area contributed by atoms with Crippen LogP contribution in [0.1, 0.15) is 23.2 Å². The molecule has 0 spiro atoms. The fraction of sp³-hybridized carbons (Fsp3) is 0.200. The van der Waals surface area contributed by atoms with Crippen molar-refractivity contribution >= 4 is 16.6 Å².